The normalized spacial score (nSPS) is 14.8. The van der Waals surface area contributed by atoms with Gasteiger partial charge in [0, 0.05) is 30.2 Å². The molecule has 124 valence electrons. The van der Waals surface area contributed by atoms with Gasteiger partial charge in [-0.25, -0.2) is 4.98 Å². The third-order valence-electron chi connectivity index (χ3n) is 4.39. The van der Waals surface area contributed by atoms with Crippen LogP contribution >= 0.6 is 23.2 Å². The zero-order chi connectivity index (χ0) is 16.5. The Morgan fingerprint density at radius 1 is 1.17 bits per heavy atom. The topological polar surface area (TPSA) is 39.1 Å². The molecule has 1 fully saturated rings. The molecule has 0 spiro atoms. The van der Waals surface area contributed by atoms with E-state index in [-0.39, 0.29) is 0 Å². The van der Waals surface area contributed by atoms with Gasteiger partial charge >= 0.3 is 0 Å². The fraction of sp³-hybridized carbons (Fsp3) is 0.278. The number of pyridine rings is 1. The Labute approximate surface area is 150 Å². The van der Waals surface area contributed by atoms with E-state index in [0.29, 0.717) is 21.7 Å². The number of nitrogens with one attached hydrogen (secondary N) is 1. The first-order chi connectivity index (χ1) is 11.7. The number of halogens is 2. The number of anilines is 2. The molecule has 1 aliphatic heterocycles. The van der Waals surface area contributed by atoms with Crippen LogP contribution in [-0.2, 0) is 11.3 Å². The van der Waals surface area contributed by atoms with Crippen LogP contribution in [0.2, 0.25) is 10.0 Å². The molecule has 4 nitrogen and oxygen atoms in total. The highest BCUT2D eigenvalue weighted by atomic mass is 35.5. The Bertz CT molecular complexity index is 854. The number of hydrogen-bond acceptors (Lipinski definition) is 3. The number of aryl methyl sites for hydroxylation is 1. The number of hydrogen-bond donors (Lipinski definition) is 1. The predicted molar refractivity (Wildman–Crippen MR) is 98.4 cm³/mol. The maximum Gasteiger partial charge on any atom is 0.139 e. The van der Waals surface area contributed by atoms with Gasteiger partial charge in [0.25, 0.3) is 0 Å². The Kier molecular flexibility index (Phi) is 4.35. The molecule has 1 aromatic carbocycles. The SMILES string of the molecule is Clc1cccc(Cl)c1Nc1nccc2c1ccn2CCC1COC1. The summed E-state index contributed by atoms with van der Waals surface area (Å²) < 4.78 is 7.50. The van der Waals surface area contributed by atoms with Gasteiger partial charge in [-0.3, -0.25) is 0 Å². The number of ether oxygens (including phenoxy) is 1. The zero-order valence-corrected chi connectivity index (χ0v) is 14.5. The maximum absolute atomic E-state index is 6.25. The summed E-state index contributed by atoms with van der Waals surface area (Å²) in [4.78, 5) is 4.46. The minimum Gasteiger partial charge on any atom is -0.381 e. The van der Waals surface area contributed by atoms with Crippen molar-refractivity contribution in [2.45, 2.75) is 13.0 Å². The molecule has 4 rings (SSSR count). The van der Waals surface area contributed by atoms with E-state index in [0.717, 1.165) is 42.9 Å². The monoisotopic (exact) mass is 361 g/mol. The Morgan fingerprint density at radius 3 is 2.67 bits per heavy atom. The lowest BCUT2D eigenvalue weighted by Gasteiger charge is -2.26. The summed E-state index contributed by atoms with van der Waals surface area (Å²) in [5.74, 6) is 1.44. The van der Waals surface area contributed by atoms with E-state index in [1.54, 1.807) is 6.20 Å². The molecular formula is C18H17Cl2N3O. The molecule has 24 heavy (non-hydrogen) atoms. The molecule has 0 atom stereocenters. The van der Waals surface area contributed by atoms with Gasteiger partial charge in [-0.15, -0.1) is 0 Å². The van der Waals surface area contributed by atoms with E-state index in [1.807, 2.05) is 24.3 Å². The van der Waals surface area contributed by atoms with Crippen LogP contribution in [0, 0.1) is 5.92 Å². The Morgan fingerprint density at radius 2 is 1.96 bits per heavy atom. The number of nitrogens with zero attached hydrogens (tertiary/aromatic N) is 2. The summed E-state index contributed by atoms with van der Waals surface area (Å²) >= 11 is 12.5. The molecule has 0 radical (unpaired) electrons. The second-order valence-electron chi connectivity index (χ2n) is 6.02. The van der Waals surface area contributed by atoms with Gasteiger partial charge < -0.3 is 14.6 Å². The van der Waals surface area contributed by atoms with E-state index in [9.17, 15) is 0 Å². The molecule has 1 aliphatic rings. The molecule has 6 heteroatoms. The van der Waals surface area contributed by atoms with E-state index >= 15 is 0 Å². The molecule has 1 N–H and O–H groups in total. The third-order valence-corrected chi connectivity index (χ3v) is 5.02. The molecule has 0 aliphatic carbocycles. The van der Waals surface area contributed by atoms with Crippen molar-refractivity contribution in [2.24, 2.45) is 5.92 Å². The van der Waals surface area contributed by atoms with Crippen LogP contribution in [0.4, 0.5) is 11.5 Å². The lowest BCUT2D eigenvalue weighted by Crippen LogP contribution is -2.28. The molecule has 1 saturated heterocycles. The van der Waals surface area contributed by atoms with E-state index in [4.69, 9.17) is 27.9 Å². The first-order valence-corrected chi connectivity index (χ1v) is 8.70. The van der Waals surface area contributed by atoms with Crippen LogP contribution in [0.5, 0.6) is 0 Å². The van der Waals surface area contributed by atoms with Gasteiger partial charge in [0.1, 0.15) is 5.82 Å². The first kappa shape index (κ1) is 15.8. The van der Waals surface area contributed by atoms with Crippen molar-refractivity contribution < 1.29 is 4.74 Å². The van der Waals surface area contributed by atoms with E-state index in [1.165, 1.54) is 0 Å². The van der Waals surface area contributed by atoms with Crippen LogP contribution in [0.1, 0.15) is 6.42 Å². The molecule has 2 aromatic heterocycles. The lowest BCUT2D eigenvalue weighted by atomic mass is 10.0. The number of para-hydroxylation sites is 1. The number of rotatable bonds is 5. The van der Waals surface area contributed by atoms with Crippen molar-refractivity contribution in [3.8, 4) is 0 Å². The molecule has 0 unspecified atom stereocenters. The zero-order valence-electron chi connectivity index (χ0n) is 13.0. The van der Waals surface area contributed by atoms with Gasteiger partial charge in [0.05, 0.1) is 34.5 Å². The molecule has 3 heterocycles. The standard InChI is InChI=1S/C18H17Cl2N3O/c19-14-2-1-3-15(20)17(14)22-18-13-6-9-23(16(13)4-7-21-18)8-5-12-10-24-11-12/h1-4,6-7,9,12H,5,8,10-11H2,(H,21,22). The van der Waals surface area contributed by atoms with Crippen LogP contribution in [-0.4, -0.2) is 22.8 Å². The quantitative estimate of drug-likeness (QED) is 0.684. The van der Waals surface area contributed by atoms with Crippen molar-refractivity contribution in [1.29, 1.82) is 0 Å². The summed E-state index contributed by atoms with van der Waals surface area (Å²) in [6.45, 7) is 2.75. The molecular weight excluding hydrogens is 345 g/mol. The Hall–Kier alpha value is -1.75. The van der Waals surface area contributed by atoms with Gasteiger partial charge in [0.2, 0.25) is 0 Å². The highest BCUT2D eigenvalue weighted by Gasteiger charge is 2.18. The maximum atomic E-state index is 6.25. The summed E-state index contributed by atoms with van der Waals surface area (Å²) in [5.41, 5.74) is 1.83. The predicted octanol–water partition coefficient (Wildman–Crippen LogP) is 5.12. The lowest BCUT2D eigenvalue weighted by molar-refractivity contribution is -0.0370. The van der Waals surface area contributed by atoms with Crippen LogP contribution in [0.25, 0.3) is 10.9 Å². The van der Waals surface area contributed by atoms with Crippen molar-refractivity contribution in [1.82, 2.24) is 9.55 Å². The van der Waals surface area contributed by atoms with E-state index < -0.39 is 0 Å². The minimum atomic E-state index is 0.575. The second-order valence-corrected chi connectivity index (χ2v) is 6.83. The minimum absolute atomic E-state index is 0.575. The molecule has 0 amide bonds. The highest BCUT2D eigenvalue weighted by molar-refractivity contribution is 6.39. The first-order valence-electron chi connectivity index (χ1n) is 7.95. The van der Waals surface area contributed by atoms with Gasteiger partial charge in [-0.1, -0.05) is 29.3 Å². The summed E-state index contributed by atoms with van der Waals surface area (Å²) in [6, 6.07) is 9.55. The molecule has 0 bridgehead atoms. The van der Waals surface area contributed by atoms with Crippen LogP contribution in [0.3, 0.4) is 0 Å². The second kappa shape index (κ2) is 6.63. The number of fused-ring (bicyclic) bond motifs is 1. The summed E-state index contributed by atoms with van der Waals surface area (Å²) in [5, 5.41) is 5.48. The van der Waals surface area contributed by atoms with Crippen LogP contribution in [0.15, 0.2) is 42.7 Å². The fourth-order valence-electron chi connectivity index (χ4n) is 2.93. The van der Waals surface area contributed by atoms with Crippen molar-refractivity contribution in [3.63, 3.8) is 0 Å². The summed E-state index contributed by atoms with van der Waals surface area (Å²) in [7, 11) is 0. The largest absolute Gasteiger partial charge is 0.381 e. The van der Waals surface area contributed by atoms with Crippen LogP contribution < -0.4 is 5.32 Å². The smallest absolute Gasteiger partial charge is 0.139 e. The van der Waals surface area contributed by atoms with Gasteiger partial charge in [-0.05, 0) is 30.7 Å². The number of benzene rings is 1. The van der Waals surface area contributed by atoms with E-state index in [2.05, 4.69) is 27.1 Å². The van der Waals surface area contributed by atoms with Gasteiger partial charge in [-0.2, -0.15) is 0 Å². The highest BCUT2D eigenvalue weighted by Crippen LogP contribution is 2.34. The third kappa shape index (κ3) is 2.97. The average Bonchev–Trinajstić information content (AvgIpc) is 2.94. The average molecular weight is 362 g/mol. The number of aromatic nitrogens is 2. The summed E-state index contributed by atoms with van der Waals surface area (Å²) in [6.07, 6.45) is 5.04. The molecule has 3 aromatic rings. The van der Waals surface area contributed by atoms with Crippen molar-refractivity contribution >= 4 is 45.6 Å². The van der Waals surface area contributed by atoms with Crippen molar-refractivity contribution in [2.75, 3.05) is 18.5 Å². The molecule has 0 saturated carbocycles. The van der Waals surface area contributed by atoms with Crippen molar-refractivity contribution in [3.05, 3.63) is 52.8 Å². The van der Waals surface area contributed by atoms with Gasteiger partial charge in [0.15, 0.2) is 0 Å². The fourth-order valence-corrected chi connectivity index (χ4v) is 3.42. The Balaban J connectivity index is 1.63.